The zero-order valence-corrected chi connectivity index (χ0v) is 15.7. The van der Waals surface area contributed by atoms with Crippen LogP contribution in [0.2, 0.25) is 0 Å². The van der Waals surface area contributed by atoms with Gasteiger partial charge in [0.15, 0.2) is 0 Å². The molecule has 0 amide bonds. The molecule has 0 saturated carbocycles. The van der Waals surface area contributed by atoms with E-state index in [0.717, 1.165) is 33.7 Å². The first kappa shape index (κ1) is 17.8. The molecule has 0 atom stereocenters. The van der Waals surface area contributed by atoms with Crippen LogP contribution in [0.1, 0.15) is 11.1 Å². The Bertz CT molecular complexity index is 1160. The van der Waals surface area contributed by atoms with Gasteiger partial charge < -0.3 is 14.4 Å². The van der Waals surface area contributed by atoms with Crippen LogP contribution in [0.15, 0.2) is 66.7 Å². The molecule has 0 aliphatic rings. The Morgan fingerprint density at radius 3 is 2.50 bits per heavy atom. The predicted molar refractivity (Wildman–Crippen MR) is 109 cm³/mol. The van der Waals surface area contributed by atoms with Gasteiger partial charge in [-0.25, -0.2) is 4.98 Å². The number of imidazole rings is 1. The summed E-state index contributed by atoms with van der Waals surface area (Å²) in [6.45, 7) is 3.95. The standard InChI is InChI=1S/C23H20N2O3/c1-15-6-5-9-21(16(15)2)28-18-12-10-17(11-13-18)23-24-19-7-3-4-8-20(19)25(23)14-22(26)27/h3-13H,14H2,1-2H3,(H,26,27). The fourth-order valence-electron chi connectivity index (χ4n) is 3.22. The number of fused-ring (bicyclic) bond motifs is 1. The highest BCUT2D eigenvalue weighted by atomic mass is 16.5. The van der Waals surface area contributed by atoms with Crippen molar-refractivity contribution in [1.82, 2.24) is 9.55 Å². The second-order valence-electron chi connectivity index (χ2n) is 6.73. The maximum Gasteiger partial charge on any atom is 0.323 e. The molecule has 1 aromatic heterocycles. The summed E-state index contributed by atoms with van der Waals surface area (Å²) in [5.41, 5.74) is 4.70. The summed E-state index contributed by atoms with van der Waals surface area (Å²) in [7, 11) is 0. The lowest BCUT2D eigenvalue weighted by atomic mass is 10.1. The molecule has 0 bridgehead atoms. The molecule has 0 aliphatic carbocycles. The third kappa shape index (κ3) is 3.34. The van der Waals surface area contributed by atoms with Gasteiger partial charge in [-0.2, -0.15) is 0 Å². The number of aromatic nitrogens is 2. The molecule has 28 heavy (non-hydrogen) atoms. The van der Waals surface area contributed by atoms with Gasteiger partial charge in [-0.15, -0.1) is 0 Å². The first-order valence-electron chi connectivity index (χ1n) is 9.04. The summed E-state index contributed by atoms with van der Waals surface area (Å²) in [5, 5.41) is 9.30. The van der Waals surface area contributed by atoms with E-state index in [1.54, 1.807) is 4.57 Å². The van der Waals surface area contributed by atoms with Crippen molar-refractivity contribution in [3.05, 3.63) is 77.9 Å². The number of carboxylic acids is 1. The Labute approximate surface area is 162 Å². The molecule has 0 saturated heterocycles. The number of benzene rings is 3. The molecule has 5 nitrogen and oxygen atoms in total. The van der Waals surface area contributed by atoms with Crippen LogP contribution in [-0.2, 0) is 11.3 Å². The summed E-state index contributed by atoms with van der Waals surface area (Å²) in [4.78, 5) is 16.0. The lowest BCUT2D eigenvalue weighted by Gasteiger charge is -2.11. The van der Waals surface area contributed by atoms with Gasteiger partial charge in [0.05, 0.1) is 11.0 Å². The molecule has 3 aromatic carbocycles. The van der Waals surface area contributed by atoms with Crippen LogP contribution in [-0.4, -0.2) is 20.6 Å². The third-order valence-corrected chi connectivity index (χ3v) is 4.84. The zero-order valence-electron chi connectivity index (χ0n) is 15.7. The number of hydrogen-bond acceptors (Lipinski definition) is 3. The van der Waals surface area contributed by atoms with E-state index in [1.807, 2.05) is 67.6 Å². The van der Waals surface area contributed by atoms with Crippen molar-refractivity contribution in [1.29, 1.82) is 0 Å². The van der Waals surface area contributed by atoms with Gasteiger partial charge in [-0.05, 0) is 67.4 Å². The summed E-state index contributed by atoms with van der Waals surface area (Å²) >= 11 is 0. The minimum absolute atomic E-state index is 0.142. The van der Waals surface area contributed by atoms with Gasteiger partial charge in [0.2, 0.25) is 0 Å². The van der Waals surface area contributed by atoms with E-state index in [1.165, 1.54) is 5.56 Å². The number of hydrogen-bond donors (Lipinski definition) is 1. The Balaban J connectivity index is 1.69. The minimum Gasteiger partial charge on any atom is -0.480 e. The van der Waals surface area contributed by atoms with E-state index >= 15 is 0 Å². The van der Waals surface area contributed by atoms with Crippen LogP contribution < -0.4 is 4.74 Å². The lowest BCUT2D eigenvalue weighted by molar-refractivity contribution is -0.137. The largest absolute Gasteiger partial charge is 0.480 e. The maximum atomic E-state index is 11.3. The van der Waals surface area contributed by atoms with E-state index in [4.69, 9.17) is 4.74 Å². The number of ether oxygens (including phenoxy) is 1. The number of aryl methyl sites for hydroxylation is 1. The first-order valence-corrected chi connectivity index (χ1v) is 9.04. The molecule has 0 fully saturated rings. The first-order chi connectivity index (χ1) is 13.5. The van der Waals surface area contributed by atoms with Gasteiger partial charge in [0.1, 0.15) is 23.9 Å². The Hall–Kier alpha value is -3.60. The van der Waals surface area contributed by atoms with Crippen molar-refractivity contribution in [3.8, 4) is 22.9 Å². The SMILES string of the molecule is Cc1cccc(Oc2ccc(-c3nc4ccccc4n3CC(=O)O)cc2)c1C. The van der Waals surface area contributed by atoms with Crippen LogP contribution in [0.3, 0.4) is 0 Å². The molecular formula is C23H20N2O3. The molecule has 0 unspecified atom stereocenters. The molecule has 0 radical (unpaired) electrons. The van der Waals surface area contributed by atoms with Crippen molar-refractivity contribution in [2.75, 3.05) is 0 Å². The van der Waals surface area contributed by atoms with E-state index in [9.17, 15) is 9.90 Å². The van der Waals surface area contributed by atoms with Gasteiger partial charge in [0.25, 0.3) is 0 Å². The lowest BCUT2D eigenvalue weighted by Crippen LogP contribution is -2.09. The van der Waals surface area contributed by atoms with Crippen molar-refractivity contribution in [2.24, 2.45) is 0 Å². The van der Waals surface area contributed by atoms with Gasteiger partial charge >= 0.3 is 5.97 Å². The van der Waals surface area contributed by atoms with Crippen LogP contribution >= 0.6 is 0 Å². The summed E-state index contributed by atoms with van der Waals surface area (Å²) < 4.78 is 7.73. The normalized spacial score (nSPS) is 10.9. The molecule has 0 aliphatic heterocycles. The number of para-hydroxylation sites is 2. The van der Waals surface area contributed by atoms with Crippen molar-refractivity contribution >= 4 is 17.0 Å². The summed E-state index contributed by atoms with van der Waals surface area (Å²) in [5.74, 6) is 1.27. The second-order valence-corrected chi connectivity index (χ2v) is 6.73. The van der Waals surface area contributed by atoms with Gasteiger partial charge in [-0.3, -0.25) is 4.79 Å². The zero-order chi connectivity index (χ0) is 19.7. The maximum absolute atomic E-state index is 11.3. The van der Waals surface area contributed by atoms with Crippen LogP contribution in [0.25, 0.3) is 22.4 Å². The second kappa shape index (κ2) is 7.19. The van der Waals surface area contributed by atoms with Crippen molar-refractivity contribution in [3.63, 3.8) is 0 Å². The number of carboxylic acid groups (broad SMARTS) is 1. The molecular weight excluding hydrogens is 352 g/mol. The average molecular weight is 372 g/mol. The molecule has 4 aromatic rings. The highest BCUT2D eigenvalue weighted by Gasteiger charge is 2.15. The number of carbonyl (C=O) groups is 1. The minimum atomic E-state index is -0.903. The predicted octanol–water partition coefficient (Wildman–Crippen LogP) is 5.20. The Morgan fingerprint density at radius 1 is 1.00 bits per heavy atom. The summed E-state index contributed by atoms with van der Waals surface area (Å²) in [6.07, 6.45) is 0. The number of rotatable bonds is 5. The quantitative estimate of drug-likeness (QED) is 0.523. The highest BCUT2D eigenvalue weighted by Crippen LogP contribution is 2.30. The highest BCUT2D eigenvalue weighted by molar-refractivity contribution is 5.82. The fraction of sp³-hybridized carbons (Fsp3) is 0.130. The number of nitrogens with zero attached hydrogens (tertiary/aromatic N) is 2. The topological polar surface area (TPSA) is 64.4 Å². The van der Waals surface area contributed by atoms with Crippen molar-refractivity contribution < 1.29 is 14.6 Å². The monoisotopic (exact) mass is 372 g/mol. The van der Waals surface area contributed by atoms with E-state index in [2.05, 4.69) is 18.0 Å². The molecule has 5 heteroatoms. The number of aliphatic carboxylic acids is 1. The van der Waals surface area contributed by atoms with Gasteiger partial charge in [0, 0.05) is 5.56 Å². The van der Waals surface area contributed by atoms with Crippen LogP contribution in [0, 0.1) is 13.8 Å². The summed E-state index contributed by atoms with van der Waals surface area (Å²) in [6, 6.07) is 21.1. The average Bonchev–Trinajstić information content (AvgIpc) is 3.04. The van der Waals surface area contributed by atoms with Crippen molar-refractivity contribution in [2.45, 2.75) is 20.4 Å². The smallest absolute Gasteiger partial charge is 0.323 e. The third-order valence-electron chi connectivity index (χ3n) is 4.84. The molecule has 140 valence electrons. The van der Waals surface area contributed by atoms with E-state index in [-0.39, 0.29) is 6.54 Å². The van der Waals surface area contributed by atoms with E-state index < -0.39 is 5.97 Å². The molecule has 1 N–H and O–H groups in total. The Morgan fingerprint density at radius 2 is 1.75 bits per heavy atom. The van der Waals surface area contributed by atoms with Crippen LogP contribution in [0.5, 0.6) is 11.5 Å². The fourth-order valence-corrected chi connectivity index (χ4v) is 3.22. The van der Waals surface area contributed by atoms with Crippen LogP contribution in [0.4, 0.5) is 0 Å². The molecule has 1 heterocycles. The Kier molecular flexibility index (Phi) is 4.57. The van der Waals surface area contributed by atoms with E-state index in [0.29, 0.717) is 5.82 Å². The molecule has 0 spiro atoms. The molecule has 4 rings (SSSR count). The van der Waals surface area contributed by atoms with Gasteiger partial charge in [-0.1, -0.05) is 24.3 Å².